The van der Waals surface area contributed by atoms with Gasteiger partial charge in [-0.2, -0.15) is 18.3 Å². The lowest BCUT2D eigenvalue weighted by atomic mass is 10.0. The van der Waals surface area contributed by atoms with Crippen LogP contribution in [0.1, 0.15) is 28.8 Å². The Balaban J connectivity index is 0.000000470. The molecular formula is C27H26F4N6O3. The molecule has 0 unspecified atom stereocenters. The molecule has 3 heterocycles. The highest BCUT2D eigenvalue weighted by molar-refractivity contribution is 6.08. The van der Waals surface area contributed by atoms with Gasteiger partial charge in [-0.05, 0) is 73.3 Å². The van der Waals surface area contributed by atoms with Gasteiger partial charge in [-0.25, -0.2) is 18.7 Å². The fourth-order valence-corrected chi connectivity index (χ4v) is 4.11. The molecule has 1 aliphatic heterocycles. The van der Waals surface area contributed by atoms with Gasteiger partial charge in [-0.1, -0.05) is 18.2 Å². The van der Waals surface area contributed by atoms with Crippen molar-refractivity contribution in [1.29, 1.82) is 0 Å². The minimum atomic E-state index is -5.08. The molecule has 1 atom stereocenters. The van der Waals surface area contributed by atoms with Gasteiger partial charge in [0.05, 0.1) is 6.20 Å². The molecule has 0 bridgehead atoms. The van der Waals surface area contributed by atoms with Crippen molar-refractivity contribution in [3.8, 4) is 11.1 Å². The number of amides is 1. The van der Waals surface area contributed by atoms with E-state index in [1.165, 1.54) is 18.3 Å². The van der Waals surface area contributed by atoms with Gasteiger partial charge < -0.3 is 21.1 Å². The van der Waals surface area contributed by atoms with Crippen molar-refractivity contribution in [2.24, 2.45) is 0 Å². The number of hydrogen-bond acceptors (Lipinski definition) is 6. The first-order valence-corrected chi connectivity index (χ1v) is 12.3. The monoisotopic (exact) mass is 558 g/mol. The largest absolute Gasteiger partial charge is 0.490 e. The van der Waals surface area contributed by atoms with Crippen LogP contribution in [-0.2, 0) is 4.79 Å². The number of rotatable bonds is 5. The molecule has 4 N–H and O–H groups in total. The summed E-state index contributed by atoms with van der Waals surface area (Å²) >= 11 is 0. The van der Waals surface area contributed by atoms with Crippen LogP contribution < -0.4 is 16.0 Å². The number of carbonyl (C=O) groups is 2. The number of nitrogens with zero attached hydrogens (tertiary/aromatic N) is 3. The first-order chi connectivity index (χ1) is 19.0. The topological polar surface area (TPSA) is 121 Å². The maximum atomic E-state index is 13.2. The molecule has 2 aromatic carbocycles. The molecule has 9 nitrogen and oxygen atoms in total. The van der Waals surface area contributed by atoms with E-state index < -0.39 is 12.1 Å². The van der Waals surface area contributed by atoms with Gasteiger partial charge in [-0.3, -0.25) is 4.79 Å². The fraction of sp³-hybridized carbons (Fsp3) is 0.259. The van der Waals surface area contributed by atoms with Crippen molar-refractivity contribution in [1.82, 2.24) is 19.9 Å². The Labute approximate surface area is 226 Å². The van der Waals surface area contributed by atoms with Crippen LogP contribution in [0.3, 0.4) is 0 Å². The van der Waals surface area contributed by atoms with Crippen molar-refractivity contribution in [2.45, 2.75) is 32.0 Å². The van der Waals surface area contributed by atoms with Crippen molar-refractivity contribution in [3.63, 3.8) is 0 Å². The third kappa shape index (κ3) is 7.11. The Bertz CT molecular complexity index is 1500. The first kappa shape index (κ1) is 28.5. The van der Waals surface area contributed by atoms with E-state index in [-0.39, 0.29) is 11.7 Å². The minimum Gasteiger partial charge on any atom is -0.475 e. The molecule has 1 fully saturated rings. The summed E-state index contributed by atoms with van der Waals surface area (Å²) in [5.41, 5.74) is 4.38. The summed E-state index contributed by atoms with van der Waals surface area (Å²) in [6.45, 7) is 3.87. The molecule has 40 heavy (non-hydrogen) atoms. The zero-order chi connectivity index (χ0) is 28.9. The van der Waals surface area contributed by atoms with E-state index in [2.05, 4.69) is 26.0 Å². The second-order valence-electron chi connectivity index (χ2n) is 9.12. The molecule has 0 spiro atoms. The third-order valence-corrected chi connectivity index (χ3v) is 6.16. The normalized spacial score (nSPS) is 15.2. The Hall–Kier alpha value is -4.52. The molecule has 0 radical (unpaired) electrons. The predicted octanol–water partition coefficient (Wildman–Crippen LogP) is 4.89. The number of alkyl halides is 3. The Kier molecular flexibility index (Phi) is 8.63. The van der Waals surface area contributed by atoms with Gasteiger partial charge in [0.25, 0.3) is 5.91 Å². The van der Waals surface area contributed by atoms with E-state index >= 15 is 0 Å². The first-order valence-electron chi connectivity index (χ1n) is 12.3. The van der Waals surface area contributed by atoms with Crippen LogP contribution in [0.25, 0.3) is 16.8 Å². The highest BCUT2D eigenvalue weighted by Crippen LogP contribution is 2.26. The molecule has 1 saturated heterocycles. The second-order valence-corrected chi connectivity index (χ2v) is 9.12. The molecular weight excluding hydrogens is 532 g/mol. The van der Waals surface area contributed by atoms with Crippen molar-refractivity contribution in [3.05, 3.63) is 77.9 Å². The predicted molar refractivity (Wildman–Crippen MR) is 141 cm³/mol. The fourth-order valence-electron chi connectivity index (χ4n) is 4.11. The summed E-state index contributed by atoms with van der Waals surface area (Å²) in [6.07, 6.45) is 0.464. The molecule has 5 rings (SSSR count). The highest BCUT2D eigenvalue weighted by Gasteiger charge is 2.38. The van der Waals surface area contributed by atoms with Gasteiger partial charge >= 0.3 is 12.1 Å². The molecule has 1 amide bonds. The number of hydrogen-bond donors (Lipinski definition) is 4. The third-order valence-electron chi connectivity index (χ3n) is 6.16. The van der Waals surface area contributed by atoms with Gasteiger partial charge in [0.2, 0.25) is 0 Å². The van der Waals surface area contributed by atoms with E-state index in [0.29, 0.717) is 22.9 Å². The van der Waals surface area contributed by atoms with Crippen LogP contribution >= 0.6 is 0 Å². The number of aryl methyl sites for hydroxylation is 1. The molecule has 0 saturated carbocycles. The summed E-state index contributed by atoms with van der Waals surface area (Å²) < 4.78 is 46.5. The van der Waals surface area contributed by atoms with Crippen molar-refractivity contribution >= 4 is 29.0 Å². The molecule has 0 aliphatic carbocycles. The summed E-state index contributed by atoms with van der Waals surface area (Å²) in [7, 11) is 0. The molecule has 4 aromatic rings. The SMILES string of the molecule is Cc1cc(-c2ccc(F)cc2)ccc1NC(=O)c1cnn2ccc(N[C@@H]3CCCNC3)nc12.O=C(O)C(F)(F)F. The Morgan fingerprint density at radius 3 is 2.42 bits per heavy atom. The van der Waals surface area contributed by atoms with E-state index in [0.717, 1.165) is 48.4 Å². The number of piperidine rings is 1. The number of halogens is 4. The molecule has 13 heteroatoms. The lowest BCUT2D eigenvalue weighted by Crippen LogP contribution is -2.38. The van der Waals surface area contributed by atoms with Crippen LogP contribution in [-0.4, -0.2) is 56.9 Å². The quantitative estimate of drug-likeness (QED) is 0.257. The minimum absolute atomic E-state index is 0.268. The van der Waals surface area contributed by atoms with E-state index in [1.807, 2.05) is 31.2 Å². The number of carboxylic acids is 1. The van der Waals surface area contributed by atoms with Gasteiger partial charge in [0, 0.05) is 24.5 Å². The van der Waals surface area contributed by atoms with Crippen LogP contribution in [0.4, 0.5) is 29.1 Å². The van der Waals surface area contributed by atoms with Crippen LogP contribution in [0.5, 0.6) is 0 Å². The summed E-state index contributed by atoms with van der Waals surface area (Å²) in [6, 6.07) is 14.3. The average molecular weight is 559 g/mol. The Morgan fingerprint density at radius 2 is 1.80 bits per heavy atom. The number of benzene rings is 2. The zero-order valence-electron chi connectivity index (χ0n) is 21.3. The summed E-state index contributed by atoms with van der Waals surface area (Å²) in [5, 5.41) is 21.2. The van der Waals surface area contributed by atoms with E-state index in [9.17, 15) is 22.4 Å². The van der Waals surface area contributed by atoms with Gasteiger partial charge in [0.15, 0.2) is 5.65 Å². The number of anilines is 2. The van der Waals surface area contributed by atoms with Crippen LogP contribution in [0.15, 0.2) is 60.9 Å². The number of carboxylic acid groups (broad SMARTS) is 1. The zero-order valence-corrected chi connectivity index (χ0v) is 21.3. The lowest BCUT2D eigenvalue weighted by molar-refractivity contribution is -0.192. The summed E-state index contributed by atoms with van der Waals surface area (Å²) in [5.74, 6) is -2.57. The lowest BCUT2D eigenvalue weighted by Gasteiger charge is -2.24. The second kappa shape index (κ2) is 12.1. The maximum Gasteiger partial charge on any atom is 0.490 e. The number of nitrogens with one attached hydrogen (secondary N) is 3. The van der Waals surface area contributed by atoms with Crippen LogP contribution in [0, 0.1) is 12.7 Å². The highest BCUT2D eigenvalue weighted by atomic mass is 19.4. The number of carbonyl (C=O) groups excluding carboxylic acids is 1. The maximum absolute atomic E-state index is 13.2. The van der Waals surface area contributed by atoms with Gasteiger partial charge in [-0.15, -0.1) is 0 Å². The number of aliphatic carboxylic acids is 1. The Morgan fingerprint density at radius 1 is 1.10 bits per heavy atom. The molecule has 1 aliphatic rings. The number of fused-ring (bicyclic) bond motifs is 1. The van der Waals surface area contributed by atoms with E-state index in [4.69, 9.17) is 9.90 Å². The van der Waals surface area contributed by atoms with E-state index in [1.54, 1.807) is 22.8 Å². The van der Waals surface area contributed by atoms with Gasteiger partial charge in [0.1, 0.15) is 17.2 Å². The standard InChI is InChI=1S/C25H25FN6O.C2HF3O2/c1-16-13-18(17-4-7-19(26)8-5-17)6-9-22(16)30-25(33)21-15-28-32-12-10-23(31-24(21)32)29-20-3-2-11-27-14-20;3-2(4,5)1(6)7/h4-10,12-13,15,20,27H,2-3,11,14H2,1H3,(H,29,31)(H,30,33);(H,6,7)/t20-;/m1./s1. The van der Waals surface area contributed by atoms with Crippen LogP contribution in [0.2, 0.25) is 0 Å². The summed E-state index contributed by atoms with van der Waals surface area (Å²) in [4.78, 5) is 26.6. The van der Waals surface area contributed by atoms with Crippen molar-refractivity contribution in [2.75, 3.05) is 23.7 Å². The molecule has 210 valence electrons. The number of aromatic nitrogens is 3. The molecule has 2 aromatic heterocycles. The smallest absolute Gasteiger partial charge is 0.475 e. The average Bonchev–Trinajstić information content (AvgIpc) is 3.34. The van der Waals surface area contributed by atoms with Crippen molar-refractivity contribution < 1.29 is 32.3 Å².